The first-order valence-electron chi connectivity index (χ1n) is 23.0. The Morgan fingerprint density at radius 1 is 0.831 bits per heavy atom. The third-order valence-corrected chi connectivity index (χ3v) is 11.5. The van der Waals surface area contributed by atoms with Crippen LogP contribution >= 0.6 is 0 Å². The Labute approximate surface area is 407 Å². The summed E-state index contributed by atoms with van der Waals surface area (Å²) >= 11 is 0. The SMILES string of the molecule is CC(C)[C@H](NC(=O)CCCCCN1C(O)C=CC1O)C(=O)N[C@@H](C)C(=O)Nc1ccc(C(=O)NCCC[C@H](NC(=O)c2ccc(CCc3cnc4nc(N)nc(N)c4n3)cc2)C(=O)O)c(-c2nn[nH]n2)c1. The van der Waals surface area contributed by atoms with Crippen molar-refractivity contribution in [3.8, 4) is 11.4 Å². The first-order chi connectivity index (χ1) is 34.0. The number of aliphatic hydroxyl groups is 2. The number of carboxylic acid groups (broad SMARTS) is 1. The number of benzene rings is 2. The number of aliphatic hydroxyl groups excluding tert-OH is 2. The molecule has 0 bridgehead atoms. The maximum Gasteiger partial charge on any atom is 0.326 e. The summed E-state index contributed by atoms with van der Waals surface area (Å²) in [5.74, 6) is -4.01. The van der Waals surface area contributed by atoms with Crippen molar-refractivity contribution in [1.82, 2.24) is 66.7 Å². The van der Waals surface area contributed by atoms with Crippen LogP contribution < -0.4 is 38.1 Å². The number of aromatic amines is 1. The minimum absolute atomic E-state index is 0.00228. The summed E-state index contributed by atoms with van der Waals surface area (Å²) in [6, 6.07) is 7.85. The minimum Gasteiger partial charge on any atom is -0.480 e. The number of nitrogens with two attached hydrogens (primary N) is 2. The smallest absolute Gasteiger partial charge is 0.326 e. The van der Waals surface area contributed by atoms with Crippen LogP contribution in [-0.2, 0) is 32.0 Å². The fraction of sp³-hybridized carbons (Fsp3) is 0.413. The molecule has 3 aromatic heterocycles. The zero-order valence-corrected chi connectivity index (χ0v) is 39.3. The van der Waals surface area contributed by atoms with Crippen molar-refractivity contribution in [1.29, 1.82) is 0 Å². The molecule has 5 aromatic rings. The van der Waals surface area contributed by atoms with Gasteiger partial charge in [-0.2, -0.15) is 15.2 Å². The van der Waals surface area contributed by atoms with E-state index in [2.05, 4.69) is 67.1 Å². The van der Waals surface area contributed by atoms with Crippen molar-refractivity contribution < 1.29 is 44.1 Å². The van der Waals surface area contributed by atoms with Crippen LogP contribution in [0.2, 0.25) is 0 Å². The molecular formula is C46H58N16O9. The third kappa shape index (κ3) is 14.5. The van der Waals surface area contributed by atoms with E-state index in [4.69, 9.17) is 11.5 Å². The molecular weight excluding hydrogens is 921 g/mol. The second-order valence-electron chi connectivity index (χ2n) is 17.2. The van der Waals surface area contributed by atoms with Crippen LogP contribution in [0.3, 0.4) is 0 Å². The summed E-state index contributed by atoms with van der Waals surface area (Å²) in [5, 5.41) is 57.0. The highest BCUT2D eigenvalue weighted by Crippen LogP contribution is 2.25. The van der Waals surface area contributed by atoms with Crippen molar-refractivity contribution >= 4 is 64.1 Å². The Kier molecular flexibility index (Phi) is 18.1. The van der Waals surface area contributed by atoms with Gasteiger partial charge in [-0.1, -0.05) is 32.4 Å². The lowest BCUT2D eigenvalue weighted by atomic mass is 10.0. The number of unbranched alkanes of at least 4 members (excludes halogenated alkanes) is 2. The highest BCUT2D eigenvalue weighted by atomic mass is 16.4. The normalized spacial score (nSPS) is 15.7. The summed E-state index contributed by atoms with van der Waals surface area (Å²) in [7, 11) is 0. The lowest BCUT2D eigenvalue weighted by molar-refractivity contribution is -0.139. The molecule has 6 rings (SSSR count). The van der Waals surface area contributed by atoms with Crippen molar-refractivity contribution in [3.63, 3.8) is 0 Å². The van der Waals surface area contributed by atoms with Crippen molar-refractivity contribution in [2.75, 3.05) is 29.9 Å². The molecule has 71 heavy (non-hydrogen) atoms. The van der Waals surface area contributed by atoms with Gasteiger partial charge in [-0.15, -0.1) is 10.2 Å². The van der Waals surface area contributed by atoms with Gasteiger partial charge in [0.2, 0.25) is 29.5 Å². The van der Waals surface area contributed by atoms with Gasteiger partial charge >= 0.3 is 5.97 Å². The van der Waals surface area contributed by atoms with E-state index >= 15 is 0 Å². The van der Waals surface area contributed by atoms with E-state index in [9.17, 15) is 44.1 Å². The van der Waals surface area contributed by atoms with Crippen LogP contribution in [0.1, 0.15) is 91.3 Å². The number of fused-ring (bicyclic) bond motifs is 1. The quantitative estimate of drug-likeness (QED) is 0.0298. The van der Waals surface area contributed by atoms with Crippen LogP contribution in [0.5, 0.6) is 0 Å². The van der Waals surface area contributed by atoms with Gasteiger partial charge in [0.15, 0.2) is 17.0 Å². The number of amides is 5. The lowest BCUT2D eigenvalue weighted by Gasteiger charge is -2.24. The van der Waals surface area contributed by atoms with E-state index in [1.54, 1.807) is 44.3 Å². The minimum atomic E-state index is -1.25. The molecule has 5 amide bonds. The number of anilines is 3. The van der Waals surface area contributed by atoms with E-state index in [1.165, 1.54) is 42.2 Å². The van der Waals surface area contributed by atoms with E-state index in [-0.39, 0.29) is 77.6 Å². The van der Waals surface area contributed by atoms with Gasteiger partial charge < -0.3 is 53.4 Å². The zero-order chi connectivity index (χ0) is 51.2. The predicted molar refractivity (Wildman–Crippen MR) is 257 cm³/mol. The molecule has 0 saturated heterocycles. The summed E-state index contributed by atoms with van der Waals surface area (Å²) in [4.78, 5) is 96.3. The Bertz CT molecular complexity index is 2710. The summed E-state index contributed by atoms with van der Waals surface area (Å²) in [6.07, 6.45) is 6.16. The Hall–Kier alpha value is -8.03. The average Bonchev–Trinajstić information content (AvgIpc) is 4.00. The lowest BCUT2D eigenvalue weighted by Crippen LogP contribution is -2.53. The molecule has 0 radical (unpaired) electrons. The molecule has 1 aliphatic rings. The Morgan fingerprint density at radius 3 is 2.27 bits per heavy atom. The molecule has 4 heterocycles. The van der Waals surface area contributed by atoms with Gasteiger partial charge in [-0.05, 0) is 105 Å². The number of tetrazole rings is 1. The number of H-pyrrole nitrogens is 1. The van der Waals surface area contributed by atoms with Crippen molar-refractivity contribution in [2.45, 2.75) is 103 Å². The number of hydrogen-bond donors (Lipinski definition) is 11. The van der Waals surface area contributed by atoms with Gasteiger partial charge in [0.1, 0.15) is 30.6 Å². The number of carbonyl (C=O) groups excluding carboxylic acids is 5. The first-order valence-corrected chi connectivity index (χ1v) is 23.0. The van der Waals surface area contributed by atoms with Gasteiger partial charge in [0.05, 0.1) is 17.5 Å². The molecule has 0 aliphatic carbocycles. The number of hydrogen-bond acceptors (Lipinski definition) is 18. The number of aryl methyl sites for hydroxylation is 2. The third-order valence-electron chi connectivity index (χ3n) is 11.5. The van der Waals surface area contributed by atoms with Gasteiger partial charge in [-0.3, -0.25) is 24.0 Å². The molecule has 25 heteroatoms. The van der Waals surface area contributed by atoms with Crippen LogP contribution in [0, 0.1) is 5.92 Å². The molecule has 5 atom stereocenters. The number of aromatic nitrogens is 8. The Morgan fingerprint density at radius 2 is 1.58 bits per heavy atom. The molecule has 2 unspecified atom stereocenters. The highest BCUT2D eigenvalue weighted by molar-refractivity contribution is 6.03. The number of nitrogens with zero attached hydrogens (tertiary/aromatic N) is 8. The van der Waals surface area contributed by atoms with Crippen LogP contribution in [0.25, 0.3) is 22.6 Å². The van der Waals surface area contributed by atoms with E-state index in [0.717, 1.165) is 5.56 Å². The zero-order valence-electron chi connectivity index (χ0n) is 39.3. The standard InChI is InChI=1S/C46H58N16O9/c1-24(2)36(55-33(63)9-5-4-6-21-62-34(64)18-19-35(62)65)44(69)51-25(3)41(66)53-28-16-17-30(31(22-28)39-58-60-61-59-39)43(68)49-20-7-8-32(45(70)71)54-42(67)27-13-10-26(11-14-27)12-15-29-23-50-40-37(52-29)38(47)56-46(48)57-40/h10-11,13-14,16-19,22-25,32,34-36,64-65H,4-9,12,15,20-21H2,1-3H3,(H,49,68)(H,51,69)(H,53,66)(H,54,67)(H,55,63)(H,70,71)(H,58,59,60,61)(H4,47,48,50,56,57)/t25-,32-,34?,35?,36-/m0/s1. The molecule has 0 fully saturated rings. The summed E-state index contributed by atoms with van der Waals surface area (Å²) in [5.41, 5.74) is 14.6. The molecule has 1 aliphatic heterocycles. The molecule has 0 saturated carbocycles. The summed E-state index contributed by atoms with van der Waals surface area (Å²) < 4.78 is 0. The topological polar surface area (TPSA) is 385 Å². The fourth-order valence-electron chi connectivity index (χ4n) is 7.58. The average molecular weight is 979 g/mol. The monoisotopic (exact) mass is 978 g/mol. The largest absolute Gasteiger partial charge is 0.480 e. The molecule has 376 valence electrons. The fourth-order valence-corrected chi connectivity index (χ4v) is 7.58. The first kappa shape index (κ1) is 52.3. The van der Waals surface area contributed by atoms with Gasteiger partial charge in [0.25, 0.3) is 11.8 Å². The number of nitrogen functional groups attached to an aromatic ring is 2. The van der Waals surface area contributed by atoms with Crippen molar-refractivity contribution in [3.05, 3.63) is 83.2 Å². The van der Waals surface area contributed by atoms with Crippen molar-refractivity contribution in [2.24, 2.45) is 5.92 Å². The molecule has 25 nitrogen and oxygen atoms in total. The number of carboxylic acids is 1. The maximum atomic E-state index is 13.5. The van der Waals surface area contributed by atoms with Crippen LogP contribution in [0.15, 0.2) is 60.8 Å². The van der Waals surface area contributed by atoms with Gasteiger partial charge in [0, 0.05) is 36.3 Å². The van der Waals surface area contributed by atoms with E-state index in [0.29, 0.717) is 55.5 Å². The molecule has 2 aromatic carbocycles. The highest BCUT2D eigenvalue weighted by Gasteiger charge is 2.28. The molecule has 0 spiro atoms. The maximum absolute atomic E-state index is 13.5. The number of rotatable bonds is 24. The van der Waals surface area contributed by atoms with Gasteiger partial charge in [-0.25, -0.2) is 19.7 Å². The molecule has 13 N–H and O–H groups in total. The second-order valence-corrected chi connectivity index (χ2v) is 17.2. The number of aliphatic carboxylic acids is 1. The Balaban J connectivity index is 0.951. The number of nitrogens with one attached hydrogen (secondary N) is 6. The summed E-state index contributed by atoms with van der Waals surface area (Å²) in [6.45, 7) is 5.50. The second kappa shape index (κ2) is 24.5. The van der Waals surface area contributed by atoms with Crippen LogP contribution in [-0.4, -0.2) is 140 Å². The predicted octanol–water partition coefficient (Wildman–Crippen LogP) is 0.596. The number of carbonyl (C=O) groups is 6. The van der Waals surface area contributed by atoms with E-state index in [1.807, 2.05) is 0 Å². The van der Waals surface area contributed by atoms with Crippen LogP contribution in [0.4, 0.5) is 17.5 Å². The van der Waals surface area contributed by atoms with E-state index < -0.39 is 60.2 Å².